The predicted octanol–water partition coefficient (Wildman–Crippen LogP) is 3.45. The number of amides is 1. The quantitative estimate of drug-likeness (QED) is 0.885. The number of thiazole rings is 1. The lowest BCUT2D eigenvalue weighted by molar-refractivity contribution is -0.117. The van der Waals surface area contributed by atoms with Crippen molar-refractivity contribution >= 4 is 46.5 Å². The Balaban J connectivity index is 0.00000176. The molecule has 0 spiro atoms. The van der Waals surface area contributed by atoms with Crippen molar-refractivity contribution in [3.05, 3.63) is 34.7 Å². The third-order valence-electron chi connectivity index (χ3n) is 3.57. The van der Waals surface area contributed by atoms with E-state index in [9.17, 15) is 4.79 Å². The van der Waals surface area contributed by atoms with Gasteiger partial charge in [0.2, 0.25) is 5.91 Å². The third kappa shape index (κ3) is 3.81. The summed E-state index contributed by atoms with van der Waals surface area (Å²) in [4.78, 5) is 16.6. The van der Waals surface area contributed by atoms with Crippen molar-refractivity contribution in [3.8, 4) is 11.3 Å². The molecule has 2 N–H and O–H groups in total. The Morgan fingerprint density at radius 2 is 2.18 bits per heavy atom. The Morgan fingerprint density at radius 1 is 1.36 bits per heavy atom. The zero-order chi connectivity index (χ0) is 14.8. The van der Waals surface area contributed by atoms with E-state index >= 15 is 0 Å². The summed E-state index contributed by atoms with van der Waals surface area (Å²) < 4.78 is 0. The summed E-state index contributed by atoms with van der Waals surface area (Å²) in [6.07, 6.45) is 0. The van der Waals surface area contributed by atoms with Gasteiger partial charge in [0.05, 0.1) is 11.7 Å². The summed E-state index contributed by atoms with van der Waals surface area (Å²) in [5, 5.41) is 8.69. The van der Waals surface area contributed by atoms with E-state index in [1.165, 1.54) is 22.5 Å². The lowest BCUT2D eigenvalue weighted by Crippen LogP contribution is -2.37. The fraction of sp³-hybridized carbons (Fsp3) is 0.333. The highest BCUT2D eigenvalue weighted by atomic mass is 35.5. The summed E-state index contributed by atoms with van der Waals surface area (Å²) in [7, 11) is 0. The summed E-state index contributed by atoms with van der Waals surface area (Å²) in [5.74, 6) is 1.66. The van der Waals surface area contributed by atoms with Crippen LogP contribution in [-0.2, 0) is 4.79 Å². The molecule has 1 saturated heterocycles. The van der Waals surface area contributed by atoms with E-state index in [-0.39, 0.29) is 24.4 Å². The average molecular weight is 356 g/mol. The van der Waals surface area contributed by atoms with Crippen LogP contribution in [0.1, 0.15) is 11.1 Å². The lowest BCUT2D eigenvalue weighted by Gasteiger charge is -2.07. The van der Waals surface area contributed by atoms with Crippen molar-refractivity contribution in [2.24, 2.45) is 0 Å². The van der Waals surface area contributed by atoms with Gasteiger partial charge < -0.3 is 5.32 Å². The highest BCUT2D eigenvalue weighted by Gasteiger charge is 2.23. The molecule has 2 aromatic rings. The highest BCUT2D eigenvalue weighted by molar-refractivity contribution is 7.99. The number of hydrogen-bond donors (Lipinski definition) is 2. The van der Waals surface area contributed by atoms with Crippen molar-refractivity contribution in [2.75, 3.05) is 16.9 Å². The van der Waals surface area contributed by atoms with E-state index in [0.29, 0.717) is 5.13 Å². The van der Waals surface area contributed by atoms with E-state index in [0.717, 1.165) is 22.9 Å². The fourth-order valence-electron chi connectivity index (χ4n) is 2.12. The maximum absolute atomic E-state index is 12.0. The summed E-state index contributed by atoms with van der Waals surface area (Å²) >= 11 is 3.20. The molecule has 0 saturated carbocycles. The number of hydrogen-bond acceptors (Lipinski definition) is 5. The number of halogens is 1. The smallest absolute Gasteiger partial charge is 0.244 e. The molecule has 1 aromatic heterocycles. The maximum Gasteiger partial charge on any atom is 0.244 e. The Hall–Kier alpha value is -1.08. The molecule has 1 aromatic carbocycles. The molecule has 118 valence electrons. The van der Waals surface area contributed by atoms with Crippen molar-refractivity contribution in [3.63, 3.8) is 0 Å². The van der Waals surface area contributed by atoms with Gasteiger partial charge in [0, 0.05) is 22.6 Å². The molecule has 7 heteroatoms. The number of thioether (sulfide) groups is 1. The number of nitrogens with one attached hydrogen (secondary N) is 2. The van der Waals surface area contributed by atoms with Crippen LogP contribution in [0.3, 0.4) is 0 Å². The van der Waals surface area contributed by atoms with Crippen LogP contribution in [0.15, 0.2) is 23.6 Å². The fourth-order valence-corrected chi connectivity index (χ4v) is 3.79. The maximum atomic E-state index is 12.0. The van der Waals surface area contributed by atoms with Gasteiger partial charge in [0.15, 0.2) is 5.13 Å². The predicted molar refractivity (Wildman–Crippen MR) is 97.2 cm³/mol. The topological polar surface area (TPSA) is 54.0 Å². The summed E-state index contributed by atoms with van der Waals surface area (Å²) in [6, 6.07) is 6.19. The average Bonchev–Trinajstić information content (AvgIpc) is 3.12. The molecular weight excluding hydrogens is 338 g/mol. The van der Waals surface area contributed by atoms with Crippen molar-refractivity contribution in [2.45, 2.75) is 19.9 Å². The first-order valence-corrected chi connectivity index (χ1v) is 8.82. The molecule has 3 rings (SSSR count). The highest BCUT2D eigenvalue weighted by Crippen LogP contribution is 2.26. The number of nitrogens with zero attached hydrogens (tertiary/aromatic N) is 1. The SMILES string of the molecule is Cc1ccc(-c2csc(NC(=O)C3CSCN3)n2)cc1C.Cl. The third-order valence-corrected chi connectivity index (χ3v) is 5.27. The van der Waals surface area contributed by atoms with Crippen LogP contribution in [0.2, 0.25) is 0 Å². The second kappa shape index (κ2) is 7.46. The van der Waals surface area contributed by atoms with Crippen LogP contribution in [-0.4, -0.2) is 28.6 Å². The Bertz CT molecular complexity index is 669. The van der Waals surface area contributed by atoms with Gasteiger partial charge in [-0.2, -0.15) is 0 Å². The molecule has 1 aliphatic rings. The van der Waals surface area contributed by atoms with Crippen molar-refractivity contribution < 1.29 is 4.79 Å². The number of benzene rings is 1. The molecule has 4 nitrogen and oxygen atoms in total. The molecule has 1 unspecified atom stereocenters. The molecule has 1 atom stereocenters. The van der Waals surface area contributed by atoms with Gasteiger partial charge in [-0.05, 0) is 31.0 Å². The Morgan fingerprint density at radius 3 is 2.86 bits per heavy atom. The first-order chi connectivity index (χ1) is 10.1. The van der Waals surface area contributed by atoms with Gasteiger partial charge >= 0.3 is 0 Å². The molecule has 22 heavy (non-hydrogen) atoms. The molecule has 1 aliphatic heterocycles. The van der Waals surface area contributed by atoms with Gasteiger partial charge in [-0.1, -0.05) is 12.1 Å². The van der Waals surface area contributed by atoms with E-state index in [4.69, 9.17) is 0 Å². The zero-order valence-electron chi connectivity index (χ0n) is 12.4. The molecule has 2 heterocycles. The van der Waals surface area contributed by atoms with Crippen LogP contribution < -0.4 is 10.6 Å². The largest absolute Gasteiger partial charge is 0.301 e. The lowest BCUT2D eigenvalue weighted by atomic mass is 10.1. The number of carbonyl (C=O) groups excluding carboxylic acids is 1. The van der Waals surface area contributed by atoms with Crippen LogP contribution in [0.4, 0.5) is 5.13 Å². The van der Waals surface area contributed by atoms with E-state index in [1.807, 2.05) is 5.38 Å². The first kappa shape index (κ1) is 17.3. The van der Waals surface area contributed by atoms with Gasteiger partial charge in [-0.15, -0.1) is 35.5 Å². The molecular formula is C15H18ClN3OS2. The number of rotatable bonds is 3. The molecule has 0 aliphatic carbocycles. The minimum absolute atomic E-state index is 0. The minimum Gasteiger partial charge on any atom is -0.301 e. The molecule has 0 radical (unpaired) electrons. The van der Waals surface area contributed by atoms with Gasteiger partial charge in [-0.3, -0.25) is 10.1 Å². The Kier molecular flexibility index (Phi) is 5.86. The Labute approximate surface area is 144 Å². The van der Waals surface area contributed by atoms with Crippen molar-refractivity contribution in [1.29, 1.82) is 0 Å². The van der Waals surface area contributed by atoms with Crippen LogP contribution in [0.5, 0.6) is 0 Å². The number of carbonyl (C=O) groups is 1. The second-order valence-corrected chi connectivity index (χ2v) is 6.99. The first-order valence-electron chi connectivity index (χ1n) is 6.78. The molecule has 1 amide bonds. The molecule has 1 fully saturated rings. The van der Waals surface area contributed by atoms with Crippen LogP contribution in [0, 0.1) is 13.8 Å². The zero-order valence-corrected chi connectivity index (χ0v) is 14.8. The van der Waals surface area contributed by atoms with Gasteiger partial charge in [0.1, 0.15) is 0 Å². The summed E-state index contributed by atoms with van der Waals surface area (Å²) in [5.41, 5.74) is 4.52. The van der Waals surface area contributed by atoms with Crippen molar-refractivity contribution in [1.82, 2.24) is 10.3 Å². The number of aromatic nitrogens is 1. The molecule has 0 bridgehead atoms. The minimum atomic E-state index is -0.107. The van der Waals surface area contributed by atoms with E-state index < -0.39 is 0 Å². The monoisotopic (exact) mass is 355 g/mol. The van der Waals surface area contributed by atoms with Crippen LogP contribution in [0.25, 0.3) is 11.3 Å². The normalized spacial score (nSPS) is 17.1. The van der Waals surface area contributed by atoms with E-state index in [1.54, 1.807) is 11.8 Å². The van der Waals surface area contributed by atoms with Gasteiger partial charge in [-0.25, -0.2) is 4.98 Å². The van der Waals surface area contributed by atoms with Gasteiger partial charge in [0.25, 0.3) is 0 Å². The standard InChI is InChI=1S/C15H17N3OS2.ClH/c1-9-3-4-11(5-10(9)2)12-7-21-15(17-12)18-14(19)13-6-20-8-16-13;/h3-5,7,13,16H,6,8H2,1-2H3,(H,17,18,19);1H. The number of anilines is 1. The number of aryl methyl sites for hydroxylation is 2. The van der Waals surface area contributed by atoms with E-state index in [2.05, 4.69) is 47.7 Å². The summed E-state index contributed by atoms with van der Waals surface area (Å²) in [6.45, 7) is 4.19. The second-order valence-electron chi connectivity index (χ2n) is 5.10. The van der Waals surface area contributed by atoms with Crippen LogP contribution >= 0.6 is 35.5 Å².